The first-order valence-corrected chi connectivity index (χ1v) is 10.4. The molecule has 6 nitrogen and oxygen atoms in total. The van der Waals surface area contributed by atoms with Gasteiger partial charge in [0.25, 0.3) is 0 Å². The zero-order valence-electron chi connectivity index (χ0n) is 17.5. The summed E-state index contributed by atoms with van der Waals surface area (Å²) < 4.78 is 5.80. The topological polar surface area (TPSA) is 71.5 Å². The summed E-state index contributed by atoms with van der Waals surface area (Å²) in [6, 6.07) is 19.0. The lowest BCUT2D eigenvalue weighted by atomic mass is 10.1. The van der Waals surface area contributed by atoms with Gasteiger partial charge in [0, 0.05) is 48.4 Å². The normalized spacial score (nSPS) is 15.7. The SMILES string of the molecule is CCc1ccc(N2CC(C(=O)Nc3cccc(OCc4cccnc4)c3)CC2=O)cc1. The molecule has 1 unspecified atom stereocenters. The number of benzene rings is 2. The molecule has 0 bridgehead atoms. The molecule has 2 heterocycles. The van der Waals surface area contributed by atoms with Gasteiger partial charge >= 0.3 is 0 Å². The molecular weight excluding hydrogens is 390 g/mol. The largest absolute Gasteiger partial charge is 0.489 e. The van der Waals surface area contributed by atoms with Crippen LogP contribution in [-0.2, 0) is 22.6 Å². The van der Waals surface area contributed by atoms with Crippen LogP contribution in [-0.4, -0.2) is 23.3 Å². The van der Waals surface area contributed by atoms with Crippen molar-refractivity contribution in [3.05, 3.63) is 84.2 Å². The van der Waals surface area contributed by atoms with Gasteiger partial charge in [-0.1, -0.05) is 31.2 Å². The minimum Gasteiger partial charge on any atom is -0.489 e. The number of anilines is 2. The molecule has 31 heavy (non-hydrogen) atoms. The van der Waals surface area contributed by atoms with Gasteiger partial charge in [-0.2, -0.15) is 0 Å². The first-order chi connectivity index (χ1) is 15.1. The van der Waals surface area contributed by atoms with Gasteiger partial charge in [-0.15, -0.1) is 0 Å². The van der Waals surface area contributed by atoms with E-state index in [2.05, 4.69) is 17.2 Å². The fraction of sp³-hybridized carbons (Fsp3) is 0.240. The number of aromatic nitrogens is 1. The minimum atomic E-state index is -0.390. The van der Waals surface area contributed by atoms with E-state index in [1.165, 1.54) is 5.56 Å². The number of nitrogens with one attached hydrogen (secondary N) is 1. The second kappa shape index (κ2) is 9.43. The summed E-state index contributed by atoms with van der Waals surface area (Å²) in [5.74, 6) is 0.0727. The molecule has 0 saturated carbocycles. The number of ether oxygens (including phenoxy) is 1. The Morgan fingerprint density at radius 2 is 1.97 bits per heavy atom. The molecule has 2 aromatic carbocycles. The van der Waals surface area contributed by atoms with E-state index in [-0.39, 0.29) is 18.2 Å². The first-order valence-electron chi connectivity index (χ1n) is 10.4. The number of nitrogens with zero attached hydrogens (tertiary/aromatic N) is 2. The van der Waals surface area contributed by atoms with E-state index in [0.29, 0.717) is 24.6 Å². The highest BCUT2D eigenvalue weighted by Crippen LogP contribution is 2.27. The van der Waals surface area contributed by atoms with Crippen molar-refractivity contribution in [1.29, 1.82) is 0 Å². The lowest BCUT2D eigenvalue weighted by Crippen LogP contribution is -2.28. The van der Waals surface area contributed by atoms with Gasteiger partial charge in [-0.25, -0.2) is 0 Å². The third-order valence-corrected chi connectivity index (χ3v) is 5.38. The van der Waals surface area contributed by atoms with Crippen molar-refractivity contribution in [2.45, 2.75) is 26.4 Å². The van der Waals surface area contributed by atoms with E-state index in [1.807, 2.05) is 54.6 Å². The van der Waals surface area contributed by atoms with Crippen LogP contribution in [0.2, 0.25) is 0 Å². The van der Waals surface area contributed by atoms with E-state index in [9.17, 15) is 9.59 Å². The fourth-order valence-electron chi connectivity index (χ4n) is 3.60. The Labute approximate surface area is 181 Å². The van der Waals surface area contributed by atoms with E-state index in [0.717, 1.165) is 17.7 Å². The third-order valence-electron chi connectivity index (χ3n) is 5.38. The Morgan fingerprint density at radius 3 is 2.71 bits per heavy atom. The summed E-state index contributed by atoms with van der Waals surface area (Å²) in [5.41, 5.74) is 3.67. The predicted octanol–water partition coefficient (Wildman–Crippen LogP) is 4.21. The zero-order chi connectivity index (χ0) is 21.6. The summed E-state index contributed by atoms with van der Waals surface area (Å²) >= 11 is 0. The van der Waals surface area contributed by atoms with E-state index < -0.39 is 5.92 Å². The molecular formula is C25H25N3O3. The van der Waals surface area contributed by atoms with Crippen molar-refractivity contribution < 1.29 is 14.3 Å². The molecule has 1 aliphatic rings. The second-order valence-corrected chi connectivity index (χ2v) is 7.59. The lowest BCUT2D eigenvalue weighted by Gasteiger charge is -2.17. The van der Waals surface area contributed by atoms with Crippen LogP contribution in [0.15, 0.2) is 73.1 Å². The van der Waals surface area contributed by atoms with Crippen LogP contribution in [0.1, 0.15) is 24.5 Å². The average Bonchev–Trinajstić information content (AvgIpc) is 3.20. The van der Waals surface area contributed by atoms with Gasteiger partial charge in [-0.05, 0) is 42.3 Å². The number of rotatable bonds is 7. The molecule has 1 aromatic heterocycles. The van der Waals surface area contributed by atoms with Gasteiger partial charge in [-0.3, -0.25) is 14.6 Å². The highest BCUT2D eigenvalue weighted by atomic mass is 16.5. The summed E-state index contributed by atoms with van der Waals surface area (Å²) in [6.45, 7) is 2.87. The Bertz CT molecular complexity index is 1050. The maximum atomic E-state index is 12.8. The minimum absolute atomic E-state index is 0.0297. The number of carbonyl (C=O) groups is 2. The van der Waals surface area contributed by atoms with Crippen LogP contribution in [0, 0.1) is 5.92 Å². The van der Waals surface area contributed by atoms with Crippen LogP contribution in [0.5, 0.6) is 5.75 Å². The van der Waals surface area contributed by atoms with Crippen molar-refractivity contribution in [2.75, 3.05) is 16.8 Å². The number of carbonyl (C=O) groups excluding carboxylic acids is 2. The average molecular weight is 415 g/mol. The van der Waals surface area contributed by atoms with Crippen molar-refractivity contribution in [3.8, 4) is 5.75 Å². The summed E-state index contributed by atoms with van der Waals surface area (Å²) in [4.78, 5) is 31.0. The smallest absolute Gasteiger partial charge is 0.229 e. The van der Waals surface area contributed by atoms with Crippen molar-refractivity contribution in [3.63, 3.8) is 0 Å². The van der Waals surface area contributed by atoms with Gasteiger partial charge < -0.3 is 15.0 Å². The summed E-state index contributed by atoms with van der Waals surface area (Å²) in [7, 11) is 0. The van der Waals surface area contributed by atoms with Crippen LogP contribution < -0.4 is 15.0 Å². The summed E-state index contributed by atoms with van der Waals surface area (Å²) in [6.07, 6.45) is 4.63. The fourth-order valence-corrected chi connectivity index (χ4v) is 3.60. The number of hydrogen-bond acceptors (Lipinski definition) is 4. The van der Waals surface area contributed by atoms with Crippen LogP contribution in [0.25, 0.3) is 0 Å². The number of aryl methyl sites for hydroxylation is 1. The molecule has 3 aromatic rings. The molecule has 1 aliphatic heterocycles. The molecule has 0 aliphatic carbocycles. The van der Waals surface area contributed by atoms with E-state index in [4.69, 9.17) is 4.74 Å². The Balaban J connectivity index is 1.36. The Hall–Kier alpha value is -3.67. The van der Waals surface area contributed by atoms with E-state index in [1.54, 1.807) is 23.4 Å². The van der Waals surface area contributed by atoms with E-state index >= 15 is 0 Å². The van der Waals surface area contributed by atoms with Crippen molar-refractivity contribution in [1.82, 2.24) is 4.98 Å². The van der Waals surface area contributed by atoms with Crippen LogP contribution >= 0.6 is 0 Å². The number of hydrogen-bond donors (Lipinski definition) is 1. The van der Waals surface area contributed by atoms with Crippen LogP contribution in [0.3, 0.4) is 0 Å². The highest BCUT2D eigenvalue weighted by Gasteiger charge is 2.35. The molecule has 1 N–H and O–H groups in total. The molecule has 158 valence electrons. The monoisotopic (exact) mass is 415 g/mol. The lowest BCUT2D eigenvalue weighted by molar-refractivity contribution is -0.122. The highest BCUT2D eigenvalue weighted by molar-refractivity contribution is 6.03. The summed E-state index contributed by atoms with van der Waals surface area (Å²) in [5, 5.41) is 2.92. The maximum absolute atomic E-state index is 12.8. The molecule has 0 radical (unpaired) electrons. The number of pyridine rings is 1. The number of amides is 2. The molecule has 1 fully saturated rings. The first kappa shape index (κ1) is 20.6. The zero-order valence-corrected chi connectivity index (χ0v) is 17.5. The van der Waals surface area contributed by atoms with Crippen LogP contribution in [0.4, 0.5) is 11.4 Å². The molecule has 0 spiro atoms. The molecule has 1 saturated heterocycles. The molecule has 2 amide bonds. The Kier molecular flexibility index (Phi) is 6.26. The van der Waals surface area contributed by atoms with Gasteiger partial charge in [0.05, 0.1) is 5.92 Å². The molecule has 4 rings (SSSR count). The quantitative estimate of drug-likeness (QED) is 0.627. The Morgan fingerprint density at radius 1 is 1.13 bits per heavy atom. The third kappa shape index (κ3) is 5.09. The maximum Gasteiger partial charge on any atom is 0.229 e. The van der Waals surface area contributed by atoms with Gasteiger partial charge in [0.15, 0.2) is 0 Å². The standard InChI is InChI=1S/C25H25N3O3/c1-2-18-8-10-22(11-9-18)28-16-20(13-24(28)29)25(30)27-21-6-3-7-23(14-21)31-17-19-5-4-12-26-15-19/h3-12,14-15,20H,2,13,16-17H2,1H3,(H,27,30). The van der Waals surface area contributed by atoms with Gasteiger partial charge in [0.2, 0.25) is 11.8 Å². The predicted molar refractivity (Wildman–Crippen MR) is 120 cm³/mol. The van der Waals surface area contributed by atoms with Crippen molar-refractivity contribution >= 4 is 23.2 Å². The van der Waals surface area contributed by atoms with Crippen molar-refractivity contribution in [2.24, 2.45) is 5.92 Å². The molecule has 6 heteroatoms. The second-order valence-electron chi connectivity index (χ2n) is 7.59. The molecule has 1 atom stereocenters. The van der Waals surface area contributed by atoms with Gasteiger partial charge in [0.1, 0.15) is 12.4 Å².